The average Bonchev–Trinajstić information content (AvgIpc) is 2.09. The molecule has 0 aliphatic carbocycles. The van der Waals surface area contributed by atoms with Gasteiger partial charge in [-0.25, -0.2) is 4.39 Å². The Morgan fingerprint density at radius 2 is 2.17 bits per heavy atom. The Hall–Kier alpha value is -1.05. The van der Waals surface area contributed by atoms with Crippen LogP contribution in [0.3, 0.4) is 0 Å². The van der Waals surface area contributed by atoms with Crippen LogP contribution in [0.4, 0.5) is 10.1 Å². The Kier molecular flexibility index (Phi) is 3.09. The van der Waals surface area contributed by atoms with E-state index in [1.807, 2.05) is 32.0 Å². The number of benzene rings is 1. The first kappa shape index (κ1) is 9.04. The highest BCUT2D eigenvalue weighted by molar-refractivity contribution is 5.51. The van der Waals surface area contributed by atoms with Crippen molar-refractivity contribution in [2.75, 3.05) is 11.9 Å². The summed E-state index contributed by atoms with van der Waals surface area (Å²) in [5, 5.41) is 3.20. The molecule has 0 aromatic heterocycles. The van der Waals surface area contributed by atoms with Crippen molar-refractivity contribution in [3.8, 4) is 0 Å². The molecule has 0 amide bonds. The van der Waals surface area contributed by atoms with Gasteiger partial charge >= 0.3 is 0 Å². The van der Waals surface area contributed by atoms with E-state index in [0.29, 0.717) is 0 Å². The highest BCUT2D eigenvalue weighted by Crippen LogP contribution is 2.16. The molecule has 0 aliphatic rings. The van der Waals surface area contributed by atoms with Gasteiger partial charge in [0.05, 0.1) is 0 Å². The lowest BCUT2D eigenvalue weighted by Crippen LogP contribution is -1.98. The molecule has 12 heavy (non-hydrogen) atoms. The van der Waals surface area contributed by atoms with Gasteiger partial charge < -0.3 is 5.32 Å². The molecule has 66 valence electrons. The fourth-order valence-electron chi connectivity index (χ4n) is 1.20. The molecule has 0 saturated heterocycles. The van der Waals surface area contributed by atoms with Crippen LogP contribution in [0.25, 0.3) is 0 Å². The third-order valence-electron chi connectivity index (χ3n) is 1.81. The molecule has 1 aromatic rings. The minimum Gasteiger partial charge on any atom is -0.385 e. The number of alkyl halides is 1. The van der Waals surface area contributed by atoms with Crippen LogP contribution >= 0.6 is 0 Å². The number of halogens is 1. The topological polar surface area (TPSA) is 12.0 Å². The third-order valence-corrected chi connectivity index (χ3v) is 1.81. The summed E-state index contributed by atoms with van der Waals surface area (Å²) in [6.07, 6.45) is 0. The fourth-order valence-corrected chi connectivity index (χ4v) is 1.20. The van der Waals surface area contributed by atoms with Gasteiger partial charge in [0.1, 0.15) is 6.67 Å². The SMILES string of the molecule is CCNc1ccc(CF)cc1C. The monoisotopic (exact) mass is 167 g/mol. The molecule has 0 radical (unpaired) electrons. The van der Waals surface area contributed by atoms with E-state index in [1.54, 1.807) is 0 Å². The summed E-state index contributed by atoms with van der Waals surface area (Å²) in [4.78, 5) is 0. The van der Waals surface area contributed by atoms with E-state index in [4.69, 9.17) is 0 Å². The van der Waals surface area contributed by atoms with E-state index in [0.717, 1.165) is 23.4 Å². The molecule has 0 aliphatic heterocycles. The van der Waals surface area contributed by atoms with E-state index in [9.17, 15) is 4.39 Å². The number of anilines is 1. The summed E-state index contributed by atoms with van der Waals surface area (Å²) in [6, 6.07) is 5.61. The van der Waals surface area contributed by atoms with E-state index in [2.05, 4.69) is 5.32 Å². The van der Waals surface area contributed by atoms with Gasteiger partial charge in [0, 0.05) is 12.2 Å². The molecule has 0 spiro atoms. The lowest BCUT2D eigenvalue weighted by atomic mass is 10.1. The molecule has 0 heterocycles. The minimum absolute atomic E-state index is 0.382. The van der Waals surface area contributed by atoms with Gasteiger partial charge in [0.15, 0.2) is 0 Å². The van der Waals surface area contributed by atoms with Gasteiger partial charge in [-0.3, -0.25) is 0 Å². The molecule has 2 heteroatoms. The number of hydrogen-bond donors (Lipinski definition) is 1. The van der Waals surface area contributed by atoms with Crippen molar-refractivity contribution in [3.05, 3.63) is 29.3 Å². The quantitative estimate of drug-likeness (QED) is 0.729. The zero-order valence-electron chi connectivity index (χ0n) is 7.52. The summed E-state index contributed by atoms with van der Waals surface area (Å²) in [5.74, 6) is 0. The maximum atomic E-state index is 12.2. The number of hydrogen-bond acceptors (Lipinski definition) is 1. The van der Waals surface area contributed by atoms with Crippen molar-refractivity contribution in [3.63, 3.8) is 0 Å². The maximum absolute atomic E-state index is 12.2. The largest absolute Gasteiger partial charge is 0.385 e. The van der Waals surface area contributed by atoms with Crippen molar-refractivity contribution >= 4 is 5.69 Å². The van der Waals surface area contributed by atoms with Crippen molar-refractivity contribution in [2.24, 2.45) is 0 Å². The van der Waals surface area contributed by atoms with Crippen LogP contribution in [0.5, 0.6) is 0 Å². The van der Waals surface area contributed by atoms with Crippen molar-refractivity contribution in [1.82, 2.24) is 0 Å². The molecule has 0 unspecified atom stereocenters. The van der Waals surface area contributed by atoms with E-state index in [-0.39, 0.29) is 6.67 Å². The molecular formula is C10H14FN. The first-order valence-corrected chi connectivity index (χ1v) is 4.17. The first-order valence-electron chi connectivity index (χ1n) is 4.17. The number of nitrogens with one attached hydrogen (secondary N) is 1. The third kappa shape index (κ3) is 1.97. The molecule has 1 aromatic carbocycles. The maximum Gasteiger partial charge on any atom is 0.115 e. The second kappa shape index (κ2) is 4.10. The molecule has 1 N–H and O–H groups in total. The summed E-state index contributed by atoms with van der Waals surface area (Å²) < 4.78 is 12.2. The van der Waals surface area contributed by atoms with E-state index in [1.165, 1.54) is 0 Å². The van der Waals surface area contributed by atoms with Gasteiger partial charge in [0.25, 0.3) is 0 Å². The fraction of sp³-hybridized carbons (Fsp3) is 0.400. The standard InChI is InChI=1S/C10H14FN/c1-3-12-10-5-4-9(7-11)6-8(10)2/h4-6,12H,3,7H2,1-2H3. The predicted octanol–water partition coefficient (Wildman–Crippen LogP) is 2.90. The van der Waals surface area contributed by atoms with Crippen LogP contribution in [-0.4, -0.2) is 6.54 Å². The van der Waals surface area contributed by atoms with Crippen LogP contribution in [0, 0.1) is 6.92 Å². The first-order chi connectivity index (χ1) is 5.77. The van der Waals surface area contributed by atoms with Crippen LogP contribution < -0.4 is 5.32 Å². The summed E-state index contributed by atoms with van der Waals surface area (Å²) >= 11 is 0. The molecule has 0 bridgehead atoms. The van der Waals surface area contributed by atoms with Crippen molar-refractivity contribution in [2.45, 2.75) is 20.5 Å². The Labute approximate surface area is 72.6 Å². The van der Waals surface area contributed by atoms with Crippen LogP contribution in [0.1, 0.15) is 18.1 Å². The number of aryl methyl sites for hydroxylation is 1. The van der Waals surface area contributed by atoms with Crippen LogP contribution in [0.2, 0.25) is 0 Å². The van der Waals surface area contributed by atoms with Gasteiger partial charge in [-0.15, -0.1) is 0 Å². The molecule has 0 fully saturated rings. The zero-order chi connectivity index (χ0) is 8.97. The lowest BCUT2D eigenvalue weighted by molar-refractivity contribution is 0.485. The summed E-state index contributed by atoms with van der Waals surface area (Å²) in [6.45, 7) is 4.54. The van der Waals surface area contributed by atoms with E-state index < -0.39 is 0 Å². The normalized spacial score (nSPS) is 9.92. The molecule has 1 rings (SSSR count). The second-order valence-corrected chi connectivity index (χ2v) is 2.81. The van der Waals surface area contributed by atoms with Crippen molar-refractivity contribution < 1.29 is 4.39 Å². The molecule has 1 nitrogen and oxygen atoms in total. The summed E-state index contributed by atoms with van der Waals surface area (Å²) in [5.41, 5.74) is 2.94. The highest BCUT2D eigenvalue weighted by atomic mass is 19.1. The van der Waals surface area contributed by atoms with Gasteiger partial charge in [0.2, 0.25) is 0 Å². The van der Waals surface area contributed by atoms with Gasteiger partial charge in [-0.2, -0.15) is 0 Å². The van der Waals surface area contributed by atoms with Crippen LogP contribution in [0.15, 0.2) is 18.2 Å². The average molecular weight is 167 g/mol. The minimum atomic E-state index is -0.382. The highest BCUT2D eigenvalue weighted by Gasteiger charge is 1.97. The van der Waals surface area contributed by atoms with Gasteiger partial charge in [-0.1, -0.05) is 12.1 Å². The Bertz CT molecular complexity index is 258. The smallest absolute Gasteiger partial charge is 0.115 e. The summed E-state index contributed by atoms with van der Waals surface area (Å²) in [7, 11) is 0. The lowest BCUT2D eigenvalue weighted by Gasteiger charge is -2.07. The second-order valence-electron chi connectivity index (χ2n) is 2.81. The molecular weight excluding hydrogens is 153 g/mol. The van der Waals surface area contributed by atoms with Crippen LogP contribution in [-0.2, 0) is 6.67 Å². The van der Waals surface area contributed by atoms with E-state index >= 15 is 0 Å². The molecule has 0 atom stereocenters. The van der Waals surface area contributed by atoms with Gasteiger partial charge in [-0.05, 0) is 31.0 Å². The van der Waals surface area contributed by atoms with Crippen molar-refractivity contribution in [1.29, 1.82) is 0 Å². The Morgan fingerprint density at radius 3 is 2.67 bits per heavy atom. The number of rotatable bonds is 3. The Balaban J connectivity index is 2.87. The Morgan fingerprint density at radius 1 is 1.42 bits per heavy atom. The molecule has 0 saturated carbocycles. The zero-order valence-corrected chi connectivity index (χ0v) is 7.52. The predicted molar refractivity (Wildman–Crippen MR) is 50.2 cm³/mol.